The van der Waals surface area contributed by atoms with Gasteiger partial charge in [0.1, 0.15) is 5.82 Å². The molecule has 1 N–H and O–H groups in total. The van der Waals surface area contributed by atoms with Crippen LogP contribution in [0.25, 0.3) is 0 Å². The Balaban J connectivity index is 1.91. The number of para-hydroxylation sites is 1. The Labute approximate surface area is 171 Å². The van der Waals surface area contributed by atoms with Crippen LogP contribution in [0.3, 0.4) is 0 Å². The van der Waals surface area contributed by atoms with E-state index in [1.165, 1.54) is 56.6 Å². The Kier molecular flexibility index (Phi) is 6.16. The summed E-state index contributed by atoms with van der Waals surface area (Å²) in [6, 6.07) is 9.20. The summed E-state index contributed by atoms with van der Waals surface area (Å²) in [5.74, 6) is -0.487. The van der Waals surface area contributed by atoms with E-state index in [1.54, 1.807) is 0 Å². The van der Waals surface area contributed by atoms with Crippen LogP contribution in [0.5, 0.6) is 0 Å². The van der Waals surface area contributed by atoms with Crippen molar-refractivity contribution >= 4 is 31.4 Å². The highest BCUT2D eigenvalue weighted by Gasteiger charge is 2.23. The van der Waals surface area contributed by atoms with Crippen LogP contribution in [0.15, 0.2) is 52.3 Å². The molecule has 1 fully saturated rings. The summed E-state index contributed by atoms with van der Waals surface area (Å²) in [5.41, 5.74) is 0.402. The quantitative estimate of drug-likeness (QED) is 0.745. The van der Waals surface area contributed by atoms with Gasteiger partial charge in [-0.1, -0.05) is 6.07 Å². The first-order chi connectivity index (χ1) is 13.6. The molecule has 0 unspecified atom stereocenters. The Morgan fingerprint density at radius 3 is 2.07 bits per heavy atom. The van der Waals surface area contributed by atoms with Gasteiger partial charge in [0, 0.05) is 27.2 Å². The van der Waals surface area contributed by atoms with Gasteiger partial charge in [-0.2, -0.15) is 0 Å². The predicted molar refractivity (Wildman–Crippen MR) is 111 cm³/mol. The van der Waals surface area contributed by atoms with E-state index in [0.717, 1.165) is 23.6 Å². The van der Waals surface area contributed by atoms with E-state index in [0.29, 0.717) is 13.1 Å². The third kappa shape index (κ3) is 4.54. The first-order valence-electron chi connectivity index (χ1n) is 9.22. The molecule has 1 aliphatic rings. The molecule has 1 saturated heterocycles. The van der Waals surface area contributed by atoms with Crippen LogP contribution in [-0.2, 0) is 20.0 Å². The zero-order valence-corrected chi connectivity index (χ0v) is 17.9. The molecule has 0 radical (unpaired) electrons. The van der Waals surface area contributed by atoms with E-state index < -0.39 is 25.9 Å². The van der Waals surface area contributed by atoms with Gasteiger partial charge in [0.2, 0.25) is 10.0 Å². The monoisotopic (exact) mass is 441 g/mol. The second kappa shape index (κ2) is 8.29. The van der Waals surface area contributed by atoms with Crippen molar-refractivity contribution in [2.45, 2.75) is 29.1 Å². The van der Waals surface area contributed by atoms with Crippen LogP contribution in [-0.4, -0.2) is 48.3 Å². The summed E-state index contributed by atoms with van der Waals surface area (Å²) in [7, 11) is -4.90. The smallest absolute Gasteiger partial charge is 0.261 e. The lowest BCUT2D eigenvalue weighted by atomic mass is 10.1. The predicted octanol–water partition coefficient (Wildman–Crippen LogP) is 2.87. The van der Waals surface area contributed by atoms with Gasteiger partial charge in [-0.05, 0) is 55.7 Å². The average molecular weight is 442 g/mol. The van der Waals surface area contributed by atoms with Gasteiger partial charge < -0.3 is 4.90 Å². The summed E-state index contributed by atoms with van der Waals surface area (Å²) < 4.78 is 68.0. The van der Waals surface area contributed by atoms with E-state index in [9.17, 15) is 21.2 Å². The molecule has 29 heavy (non-hydrogen) atoms. The van der Waals surface area contributed by atoms with Crippen molar-refractivity contribution in [1.29, 1.82) is 0 Å². The second-order valence-corrected chi connectivity index (χ2v) is 10.9. The van der Waals surface area contributed by atoms with Crippen LogP contribution < -0.4 is 9.62 Å². The number of benzene rings is 2. The van der Waals surface area contributed by atoms with Gasteiger partial charge in [-0.25, -0.2) is 25.5 Å². The van der Waals surface area contributed by atoms with Crippen molar-refractivity contribution in [2.24, 2.45) is 0 Å². The molecule has 0 spiro atoms. The fourth-order valence-electron chi connectivity index (χ4n) is 3.24. The van der Waals surface area contributed by atoms with Crippen molar-refractivity contribution in [1.82, 2.24) is 4.31 Å². The van der Waals surface area contributed by atoms with Gasteiger partial charge in [-0.3, -0.25) is 4.72 Å². The third-order valence-corrected chi connectivity index (χ3v) is 8.03. The molecule has 2 aromatic rings. The summed E-state index contributed by atoms with van der Waals surface area (Å²) in [6.07, 6.45) is 2.90. The van der Waals surface area contributed by atoms with Crippen LogP contribution in [0.2, 0.25) is 0 Å². The van der Waals surface area contributed by atoms with Crippen LogP contribution in [0.1, 0.15) is 19.3 Å². The molecule has 0 aliphatic carbocycles. The number of sulfonamides is 2. The molecule has 7 nitrogen and oxygen atoms in total. The minimum Gasteiger partial charge on any atom is -0.367 e. The zero-order valence-electron chi connectivity index (χ0n) is 16.3. The number of rotatable bonds is 6. The summed E-state index contributed by atoms with van der Waals surface area (Å²) in [6.45, 7) is 1.32. The maximum absolute atomic E-state index is 14.5. The van der Waals surface area contributed by atoms with Crippen molar-refractivity contribution in [3.05, 3.63) is 48.3 Å². The van der Waals surface area contributed by atoms with Crippen molar-refractivity contribution in [3.8, 4) is 0 Å². The lowest BCUT2D eigenvalue weighted by Crippen LogP contribution is -2.31. The second-order valence-electron chi connectivity index (χ2n) is 7.05. The summed E-state index contributed by atoms with van der Waals surface area (Å²) in [5, 5.41) is 0. The molecule has 0 amide bonds. The molecule has 1 aliphatic heterocycles. The molecule has 1 heterocycles. The number of piperidine rings is 1. The van der Waals surface area contributed by atoms with Crippen molar-refractivity contribution < 1.29 is 21.2 Å². The van der Waals surface area contributed by atoms with Crippen molar-refractivity contribution in [2.75, 3.05) is 36.8 Å². The minimum absolute atomic E-state index is 0.0128. The molecule has 3 rings (SSSR count). The van der Waals surface area contributed by atoms with Gasteiger partial charge in [0.25, 0.3) is 10.0 Å². The van der Waals surface area contributed by atoms with E-state index in [4.69, 9.17) is 0 Å². The Hall–Kier alpha value is -2.17. The van der Waals surface area contributed by atoms with Gasteiger partial charge in [0.05, 0.1) is 21.2 Å². The molecule has 0 atom stereocenters. The maximum atomic E-state index is 14.5. The Morgan fingerprint density at radius 2 is 1.48 bits per heavy atom. The Bertz CT molecular complexity index is 1080. The number of nitrogens with one attached hydrogen (secondary N) is 1. The fourth-order valence-corrected chi connectivity index (χ4v) is 5.21. The number of halogens is 1. The largest absolute Gasteiger partial charge is 0.367 e. The summed E-state index contributed by atoms with van der Waals surface area (Å²) in [4.78, 5) is 1.73. The first kappa shape index (κ1) is 21.5. The number of hydrogen-bond donors (Lipinski definition) is 1. The highest BCUT2D eigenvalue weighted by molar-refractivity contribution is 7.92. The van der Waals surface area contributed by atoms with E-state index in [-0.39, 0.29) is 21.2 Å². The SMILES string of the molecule is CN(C)S(=O)(=O)c1ccc(S(=O)(=O)Nc2cccc(F)c2N2CCCCC2)cc1. The van der Waals surface area contributed by atoms with Gasteiger partial charge in [-0.15, -0.1) is 0 Å². The van der Waals surface area contributed by atoms with Crippen LogP contribution in [0.4, 0.5) is 15.8 Å². The lowest BCUT2D eigenvalue weighted by Gasteiger charge is -2.30. The number of nitrogens with zero attached hydrogens (tertiary/aromatic N) is 2. The highest BCUT2D eigenvalue weighted by Crippen LogP contribution is 2.33. The van der Waals surface area contributed by atoms with E-state index in [2.05, 4.69) is 4.72 Å². The molecular formula is C19H24FN3O4S2. The number of hydrogen-bond acceptors (Lipinski definition) is 5. The minimum atomic E-state index is -4.03. The topological polar surface area (TPSA) is 86.8 Å². The van der Waals surface area contributed by atoms with Crippen molar-refractivity contribution in [3.63, 3.8) is 0 Å². The highest BCUT2D eigenvalue weighted by atomic mass is 32.2. The molecular weight excluding hydrogens is 417 g/mol. The maximum Gasteiger partial charge on any atom is 0.261 e. The third-order valence-electron chi connectivity index (χ3n) is 4.82. The first-order valence-corrected chi connectivity index (χ1v) is 12.1. The van der Waals surface area contributed by atoms with Gasteiger partial charge >= 0.3 is 0 Å². The van der Waals surface area contributed by atoms with Gasteiger partial charge in [0.15, 0.2) is 0 Å². The number of anilines is 2. The fraction of sp³-hybridized carbons (Fsp3) is 0.368. The van der Waals surface area contributed by atoms with Crippen LogP contribution in [0, 0.1) is 5.82 Å². The molecule has 10 heteroatoms. The molecule has 2 aromatic carbocycles. The average Bonchev–Trinajstić information content (AvgIpc) is 2.68. The molecule has 0 aromatic heterocycles. The zero-order chi connectivity index (χ0) is 21.2. The molecule has 0 saturated carbocycles. The molecule has 158 valence electrons. The van der Waals surface area contributed by atoms with E-state index >= 15 is 0 Å². The van der Waals surface area contributed by atoms with E-state index in [1.807, 2.05) is 4.90 Å². The lowest BCUT2D eigenvalue weighted by molar-refractivity contribution is 0.520. The molecule has 0 bridgehead atoms. The normalized spacial score (nSPS) is 15.5. The summed E-state index contributed by atoms with van der Waals surface area (Å²) >= 11 is 0. The Morgan fingerprint density at radius 1 is 0.897 bits per heavy atom. The van der Waals surface area contributed by atoms with Crippen LogP contribution >= 0.6 is 0 Å². The standard InChI is InChI=1S/C19H24FN3O4S2/c1-22(2)29(26,27)16-11-9-15(10-12-16)28(24,25)21-18-8-6-7-17(20)19(18)23-13-4-3-5-14-23/h6-12,21H,3-5,13-14H2,1-2H3.